The summed E-state index contributed by atoms with van der Waals surface area (Å²) >= 11 is 3.06. The van der Waals surface area contributed by atoms with Crippen LogP contribution in [0.2, 0.25) is 0 Å². The maximum absolute atomic E-state index is 5.64. The molecule has 0 aromatic carbocycles. The molecule has 0 unspecified atom stereocenters. The largest absolute Gasteiger partial charge is 0.415 e. The molecule has 0 aliphatic heterocycles. The third-order valence-corrected chi connectivity index (χ3v) is 5.17. The Labute approximate surface area is 142 Å². The molecule has 0 N–H and O–H groups in total. The van der Waals surface area contributed by atoms with E-state index in [9.17, 15) is 0 Å². The van der Waals surface area contributed by atoms with Crippen LogP contribution in [0.15, 0.2) is 20.9 Å². The molecule has 7 nitrogen and oxygen atoms in total. The Hall–Kier alpha value is -1.61. The topological polar surface area (TPSA) is 82.0 Å². The summed E-state index contributed by atoms with van der Waals surface area (Å²) in [6.07, 6.45) is 1.06. The highest BCUT2D eigenvalue weighted by atomic mass is 32.2. The van der Waals surface area contributed by atoms with Gasteiger partial charge in [-0.25, -0.2) is 9.50 Å². The quantitative estimate of drug-likeness (QED) is 0.626. The molecule has 122 valence electrons. The van der Waals surface area contributed by atoms with Crippen molar-refractivity contribution < 1.29 is 4.42 Å². The molecule has 1 atom stereocenters. The number of aryl methyl sites for hydroxylation is 2. The first kappa shape index (κ1) is 16.3. The van der Waals surface area contributed by atoms with Gasteiger partial charge in [0.05, 0.1) is 5.75 Å². The Morgan fingerprint density at radius 1 is 1.26 bits per heavy atom. The summed E-state index contributed by atoms with van der Waals surface area (Å²) in [4.78, 5) is 8.81. The van der Waals surface area contributed by atoms with E-state index in [1.54, 1.807) is 16.3 Å². The highest BCUT2D eigenvalue weighted by Crippen LogP contribution is 2.26. The van der Waals surface area contributed by atoms with Crippen LogP contribution in [0, 0.1) is 13.8 Å². The molecule has 3 heterocycles. The maximum atomic E-state index is 5.64. The minimum absolute atomic E-state index is 0.466. The number of hydrogen-bond acceptors (Lipinski definition) is 8. The third-order valence-electron chi connectivity index (χ3n) is 3.25. The fraction of sp³-hybridized carbons (Fsp3) is 0.500. The summed E-state index contributed by atoms with van der Waals surface area (Å²) in [6.45, 7) is 8.21. The van der Waals surface area contributed by atoms with Gasteiger partial charge in [0.25, 0.3) is 11.0 Å². The van der Waals surface area contributed by atoms with E-state index >= 15 is 0 Å². The molecule has 9 heteroatoms. The van der Waals surface area contributed by atoms with Gasteiger partial charge in [-0.3, -0.25) is 0 Å². The van der Waals surface area contributed by atoms with Gasteiger partial charge in [0.15, 0.2) is 0 Å². The third kappa shape index (κ3) is 3.84. The second-order valence-electron chi connectivity index (χ2n) is 5.23. The summed E-state index contributed by atoms with van der Waals surface area (Å²) < 4.78 is 7.38. The van der Waals surface area contributed by atoms with Crippen LogP contribution in [0.1, 0.15) is 37.5 Å². The summed E-state index contributed by atoms with van der Waals surface area (Å²) in [6, 6.07) is 1.98. The Morgan fingerprint density at radius 2 is 2.09 bits per heavy atom. The van der Waals surface area contributed by atoms with Gasteiger partial charge in [0.2, 0.25) is 11.0 Å². The van der Waals surface area contributed by atoms with Crippen molar-refractivity contribution in [2.75, 3.05) is 0 Å². The highest BCUT2D eigenvalue weighted by molar-refractivity contribution is 7.99. The molecule has 0 bridgehead atoms. The molecule has 0 spiro atoms. The molecule has 23 heavy (non-hydrogen) atoms. The Morgan fingerprint density at radius 3 is 2.87 bits per heavy atom. The molecule has 0 saturated carbocycles. The molecule has 0 aliphatic rings. The Balaban J connectivity index is 1.67. The van der Waals surface area contributed by atoms with Gasteiger partial charge in [-0.2, -0.15) is 4.98 Å². The Bertz CT molecular complexity index is 815. The Kier molecular flexibility index (Phi) is 4.86. The van der Waals surface area contributed by atoms with Crippen LogP contribution in [0.25, 0.3) is 5.78 Å². The standard InChI is InChI=1S/C14H18N6OS2/c1-5-10(4)23-14-18-17-11(21-14)7-22-13-16-12-15-8(2)6-9(3)20(12)19-13/h6,10H,5,7H2,1-4H3/t10-/m1/s1. The zero-order chi connectivity index (χ0) is 16.4. The zero-order valence-corrected chi connectivity index (χ0v) is 15.1. The van der Waals surface area contributed by atoms with Crippen molar-refractivity contribution >= 4 is 29.3 Å². The first-order chi connectivity index (χ1) is 11.0. The van der Waals surface area contributed by atoms with Crippen molar-refractivity contribution in [1.82, 2.24) is 29.8 Å². The van der Waals surface area contributed by atoms with E-state index in [-0.39, 0.29) is 0 Å². The smallest absolute Gasteiger partial charge is 0.276 e. The number of aromatic nitrogens is 6. The van der Waals surface area contributed by atoms with E-state index in [1.807, 2.05) is 19.9 Å². The number of nitrogens with zero attached hydrogens (tertiary/aromatic N) is 6. The van der Waals surface area contributed by atoms with Gasteiger partial charge in [0.1, 0.15) is 0 Å². The fourth-order valence-electron chi connectivity index (χ4n) is 1.93. The molecular weight excluding hydrogens is 332 g/mol. The zero-order valence-electron chi connectivity index (χ0n) is 13.5. The van der Waals surface area contributed by atoms with E-state index in [2.05, 4.69) is 39.1 Å². The molecule has 3 rings (SSSR count). The van der Waals surface area contributed by atoms with Crippen molar-refractivity contribution in [3.05, 3.63) is 23.3 Å². The van der Waals surface area contributed by atoms with E-state index in [0.29, 0.717) is 33.1 Å². The van der Waals surface area contributed by atoms with Gasteiger partial charge in [0, 0.05) is 16.6 Å². The van der Waals surface area contributed by atoms with Crippen LogP contribution < -0.4 is 0 Å². The molecule has 3 aromatic rings. The number of hydrogen-bond donors (Lipinski definition) is 0. The summed E-state index contributed by atoms with van der Waals surface area (Å²) in [7, 11) is 0. The minimum Gasteiger partial charge on any atom is -0.415 e. The average Bonchev–Trinajstić information content (AvgIpc) is 3.11. The van der Waals surface area contributed by atoms with E-state index < -0.39 is 0 Å². The number of rotatable bonds is 6. The molecule has 3 aromatic heterocycles. The summed E-state index contributed by atoms with van der Waals surface area (Å²) in [5, 5.41) is 14.3. The second kappa shape index (κ2) is 6.88. The molecular formula is C14H18N6OS2. The molecule has 0 aliphatic carbocycles. The molecule has 0 amide bonds. The van der Waals surface area contributed by atoms with Crippen molar-refractivity contribution in [1.29, 1.82) is 0 Å². The normalized spacial score (nSPS) is 12.9. The lowest BCUT2D eigenvalue weighted by Gasteiger charge is -2.01. The first-order valence-corrected chi connectivity index (χ1v) is 9.24. The van der Waals surface area contributed by atoms with Crippen LogP contribution in [-0.4, -0.2) is 35.0 Å². The van der Waals surface area contributed by atoms with Gasteiger partial charge in [-0.15, -0.1) is 15.3 Å². The summed E-state index contributed by atoms with van der Waals surface area (Å²) in [5.74, 6) is 1.74. The van der Waals surface area contributed by atoms with Gasteiger partial charge in [-0.1, -0.05) is 37.4 Å². The van der Waals surface area contributed by atoms with Crippen LogP contribution in [0.4, 0.5) is 0 Å². The predicted octanol–water partition coefficient (Wildman–Crippen LogP) is 3.31. The van der Waals surface area contributed by atoms with E-state index in [4.69, 9.17) is 4.42 Å². The predicted molar refractivity (Wildman–Crippen MR) is 89.7 cm³/mol. The van der Waals surface area contributed by atoms with Crippen LogP contribution >= 0.6 is 23.5 Å². The van der Waals surface area contributed by atoms with Crippen LogP contribution in [0.3, 0.4) is 0 Å². The molecule has 0 fully saturated rings. The summed E-state index contributed by atoms with van der Waals surface area (Å²) in [5.41, 5.74) is 1.94. The maximum Gasteiger partial charge on any atom is 0.276 e. The highest BCUT2D eigenvalue weighted by Gasteiger charge is 2.13. The molecule has 0 saturated heterocycles. The fourth-order valence-corrected chi connectivity index (χ4v) is 3.33. The van der Waals surface area contributed by atoms with Gasteiger partial charge < -0.3 is 4.42 Å². The van der Waals surface area contributed by atoms with Crippen LogP contribution in [-0.2, 0) is 5.75 Å². The van der Waals surface area contributed by atoms with E-state index in [1.165, 1.54) is 11.8 Å². The SMILES string of the molecule is CC[C@@H](C)Sc1nnc(CSc2nc3nc(C)cc(C)n3n2)o1. The lowest BCUT2D eigenvalue weighted by Crippen LogP contribution is -1.97. The van der Waals surface area contributed by atoms with E-state index in [0.717, 1.165) is 17.8 Å². The van der Waals surface area contributed by atoms with Crippen molar-refractivity contribution in [2.45, 2.75) is 55.5 Å². The lowest BCUT2D eigenvalue weighted by atomic mass is 10.4. The number of thioether (sulfide) groups is 2. The van der Waals surface area contributed by atoms with Crippen LogP contribution in [0.5, 0.6) is 0 Å². The minimum atomic E-state index is 0.466. The lowest BCUT2D eigenvalue weighted by molar-refractivity contribution is 0.425. The van der Waals surface area contributed by atoms with Crippen molar-refractivity contribution in [2.24, 2.45) is 0 Å². The molecule has 0 radical (unpaired) electrons. The van der Waals surface area contributed by atoms with Gasteiger partial charge >= 0.3 is 0 Å². The average molecular weight is 350 g/mol. The number of fused-ring (bicyclic) bond motifs is 1. The second-order valence-corrected chi connectivity index (χ2v) is 7.56. The van der Waals surface area contributed by atoms with Gasteiger partial charge in [-0.05, 0) is 26.3 Å². The van der Waals surface area contributed by atoms with Crippen molar-refractivity contribution in [3.8, 4) is 0 Å². The first-order valence-electron chi connectivity index (χ1n) is 7.38. The van der Waals surface area contributed by atoms with Crippen molar-refractivity contribution in [3.63, 3.8) is 0 Å². The monoisotopic (exact) mass is 350 g/mol.